The Morgan fingerprint density at radius 2 is 1.34 bits per heavy atom. The molecule has 2 aromatic rings. The van der Waals surface area contributed by atoms with Crippen LogP contribution in [0.25, 0.3) is 0 Å². The minimum absolute atomic E-state index is 0.0310. The molecule has 2 aromatic carbocycles. The van der Waals surface area contributed by atoms with Crippen molar-refractivity contribution in [2.24, 2.45) is 5.92 Å². The molecule has 4 atom stereocenters. The first kappa shape index (κ1) is 24.0. The van der Waals surface area contributed by atoms with E-state index in [4.69, 9.17) is 0 Å². The Kier molecular flexibility index (Phi) is 9.29. The van der Waals surface area contributed by atoms with E-state index in [1.807, 2.05) is 48.5 Å². The van der Waals surface area contributed by atoms with Gasteiger partial charge in [0.15, 0.2) is 0 Å². The van der Waals surface area contributed by atoms with Crippen molar-refractivity contribution in [3.8, 4) is 0 Å². The molecule has 5 heteroatoms. The Balaban J connectivity index is 1.71. The molecule has 1 heterocycles. The fraction of sp³-hybridized carbons (Fsp3) is 0.481. The average Bonchev–Trinajstić information content (AvgIpc) is 2.84. The first-order valence-electron chi connectivity index (χ1n) is 12.1. The van der Waals surface area contributed by atoms with Gasteiger partial charge in [0.1, 0.15) is 0 Å². The summed E-state index contributed by atoms with van der Waals surface area (Å²) in [7, 11) is 0. The number of carbonyl (C=O) groups excluding carboxylic acids is 2. The molecule has 3 rings (SSSR count). The fourth-order valence-corrected chi connectivity index (χ4v) is 4.58. The topological polar surface area (TPSA) is 70.2 Å². The van der Waals surface area contributed by atoms with Crippen LogP contribution in [0.4, 0.5) is 0 Å². The number of nitrogens with one attached hydrogen (secondary N) is 3. The third-order valence-electron chi connectivity index (χ3n) is 6.27. The lowest BCUT2D eigenvalue weighted by molar-refractivity contribution is -0.134. The highest BCUT2D eigenvalue weighted by Crippen LogP contribution is 2.24. The van der Waals surface area contributed by atoms with E-state index in [1.165, 1.54) is 0 Å². The molecule has 2 amide bonds. The van der Waals surface area contributed by atoms with Crippen molar-refractivity contribution in [3.63, 3.8) is 0 Å². The largest absolute Gasteiger partial charge is 0.349 e. The Labute approximate surface area is 192 Å². The van der Waals surface area contributed by atoms with Crippen molar-refractivity contribution < 1.29 is 9.59 Å². The quantitative estimate of drug-likeness (QED) is 0.508. The van der Waals surface area contributed by atoms with Crippen LogP contribution in [-0.2, 0) is 9.59 Å². The third kappa shape index (κ3) is 6.42. The maximum Gasteiger partial charge on any atom is 0.238 e. The van der Waals surface area contributed by atoms with E-state index in [0.717, 1.165) is 49.8 Å². The van der Waals surface area contributed by atoms with Gasteiger partial charge in [-0.25, -0.2) is 0 Å². The second-order valence-electron chi connectivity index (χ2n) is 8.70. The highest BCUT2D eigenvalue weighted by molar-refractivity contribution is 5.90. The molecular weight excluding hydrogens is 398 g/mol. The number of hydrogen-bond donors (Lipinski definition) is 3. The Morgan fingerprint density at radius 3 is 1.84 bits per heavy atom. The molecule has 32 heavy (non-hydrogen) atoms. The predicted octanol–water partition coefficient (Wildman–Crippen LogP) is 4.67. The first-order valence-corrected chi connectivity index (χ1v) is 12.1. The van der Waals surface area contributed by atoms with Gasteiger partial charge in [-0.3, -0.25) is 9.59 Å². The maximum atomic E-state index is 13.3. The minimum atomic E-state index is -0.509. The zero-order chi connectivity index (χ0) is 22.8. The van der Waals surface area contributed by atoms with Crippen molar-refractivity contribution in [1.29, 1.82) is 0 Å². The van der Waals surface area contributed by atoms with Crippen LogP contribution in [0, 0.1) is 5.92 Å². The van der Waals surface area contributed by atoms with Gasteiger partial charge in [-0.05, 0) is 43.4 Å². The highest BCUT2D eigenvalue weighted by Gasteiger charge is 2.37. The molecule has 0 spiro atoms. The van der Waals surface area contributed by atoms with E-state index in [1.54, 1.807) is 0 Å². The summed E-state index contributed by atoms with van der Waals surface area (Å²) in [6.45, 7) is 5.00. The molecule has 0 aliphatic carbocycles. The van der Waals surface area contributed by atoms with Gasteiger partial charge in [0.2, 0.25) is 11.8 Å². The molecule has 2 unspecified atom stereocenters. The lowest BCUT2D eigenvalue weighted by Crippen LogP contribution is -2.56. The van der Waals surface area contributed by atoms with Crippen LogP contribution < -0.4 is 16.0 Å². The normalized spacial score (nSPS) is 20.2. The molecule has 1 aliphatic rings. The molecular formula is C27H37N3O2. The van der Waals surface area contributed by atoms with Gasteiger partial charge in [0.25, 0.3) is 0 Å². The van der Waals surface area contributed by atoms with Gasteiger partial charge in [-0.2, -0.15) is 0 Å². The molecule has 0 bridgehead atoms. The summed E-state index contributed by atoms with van der Waals surface area (Å²) in [5.74, 6) is -0.491. The summed E-state index contributed by atoms with van der Waals surface area (Å²) in [4.78, 5) is 26.6. The van der Waals surface area contributed by atoms with Crippen molar-refractivity contribution in [2.75, 3.05) is 6.54 Å². The number of benzene rings is 2. The second-order valence-corrected chi connectivity index (χ2v) is 8.70. The SMILES string of the molecule is CCCC(NC(=O)[C@H]1CCCN[C@H]1C(=O)NC(CCC)c1ccccc1)c1ccccc1. The van der Waals surface area contributed by atoms with Crippen molar-refractivity contribution >= 4 is 11.8 Å². The number of rotatable bonds is 10. The predicted molar refractivity (Wildman–Crippen MR) is 129 cm³/mol. The lowest BCUT2D eigenvalue weighted by atomic mass is 9.88. The molecule has 0 radical (unpaired) electrons. The molecule has 0 aromatic heterocycles. The smallest absolute Gasteiger partial charge is 0.238 e. The van der Waals surface area contributed by atoms with Gasteiger partial charge < -0.3 is 16.0 Å². The summed E-state index contributed by atoms with van der Waals surface area (Å²) >= 11 is 0. The van der Waals surface area contributed by atoms with Gasteiger partial charge in [0.05, 0.1) is 24.0 Å². The van der Waals surface area contributed by atoms with Gasteiger partial charge in [-0.15, -0.1) is 0 Å². The van der Waals surface area contributed by atoms with E-state index in [2.05, 4.69) is 41.9 Å². The molecule has 1 aliphatic heterocycles. The summed E-state index contributed by atoms with van der Waals surface area (Å²) in [5.41, 5.74) is 2.21. The summed E-state index contributed by atoms with van der Waals surface area (Å²) in [5, 5.41) is 9.78. The molecule has 172 valence electrons. The van der Waals surface area contributed by atoms with Crippen LogP contribution in [0.5, 0.6) is 0 Å². The molecule has 1 fully saturated rings. The average molecular weight is 436 g/mol. The monoisotopic (exact) mass is 435 g/mol. The molecule has 5 nitrogen and oxygen atoms in total. The number of piperidine rings is 1. The van der Waals surface area contributed by atoms with E-state index in [-0.39, 0.29) is 29.8 Å². The van der Waals surface area contributed by atoms with E-state index in [0.29, 0.717) is 6.42 Å². The van der Waals surface area contributed by atoms with Crippen LogP contribution in [0.1, 0.15) is 75.6 Å². The van der Waals surface area contributed by atoms with Crippen LogP contribution in [-0.4, -0.2) is 24.4 Å². The van der Waals surface area contributed by atoms with Crippen molar-refractivity contribution in [2.45, 2.75) is 70.5 Å². The van der Waals surface area contributed by atoms with Crippen LogP contribution in [0.2, 0.25) is 0 Å². The summed E-state index contributed by atoms with van der Waals surface area (Å²) < 4.78 is 0. The first-order chi connectivity index (χ1) is 15.6. The highest BCUT2D eigenvalue weighted by atomic mass is 16.2. The second kappa shape index (κ2) is 12.4. The Bertz CT molecular complexity index is 769. The van der Waals surface area contributed by atoms with Gasteiger partial charge in [0, 0.05) is 0 Å². The number of carbonyl (C=O) groups is 2. The maximum absolute atomic E-state index is 13.3. The minimum Gasteiger partial charge on any atom is -0.349 e. The standard InChI is InChI=1S/C27H37N3O2/c1-3-12-23(20-14-7-5-8-15-20)29-26(31)22-18-11-19-28-25(22)27(32)30-24(13-4-2)21-16-9-6-10-17-21/h5-10,14-17,22-25,28H,3-4,11-13,18-19H2,1-2H3,(H,29,31)(H,30,32)/t22-,23?,24?,25+/m0/s1. The van der Waals surface area contributed by atoms with Crippen molar-refractivity contribution in [1.82, 2.24) is 16.0 Å². The van der Waals surface area contributed by atoms with E-state index >= 15 is 0 Å². The van der Waals surface area contributed by atoms with Gasteiger partial charge in [-0.1, -0.05) is 87.4 Å². The molecule has 1 saturated heterocycles. The third-order valence-corrected chi connectivity index (χ3v) is 6.27. The van der Waals surface area contributed by atoms with E-state index in [9.17, 15) is 9.59 Å². The van der Waals surface area contributed by atoms with Gasteiger partial charge >= 0.3 is 0 Å². The van der Waals surface area contributed by atoms with E-state index < -0.39 is 6.04 Å². The zero-order valence-electron chi connectivity index (χ0n) is 19.3. The zero-order valence-corrected chi connectivity index (χ0v) is 19.3. The molecule has 0 saturated carbocycles. The molecule has 3 N–H and O–H groups in total. The fourth-order valence-electron chi connectivity index (χ4n) is 4.58. The number of amides is 2. The summed E-state index contributed by atoms with van der Waals surface area (Å²) in [6.07, 6.45) is 5.29. The van der Waals surface area contributed by atoms with Crippen LogP contribution in [0.3, 0.4) is 0 Å². The lowest BCUT2D eigenvalue weighted by Gasteiger charge is -2.33. The Morgan fingerprint density at radius 1 is 0.844 bits per heavy atom. The van der Waals surface area contributed by atoms with Crippen LogP contribution >= 0.6 is 0 Å². The van der Waals surface area contributed by atoms with Crippen molar-refractivity contribution in [3.05, 3.63) is 71.8 Å². The Hall–Kier alpha value is -2.66. The summed E-state index contributed by atoms with van der Waals surface area (Å²) in [6, 6.07) is 19.6. The van der Waals surface area contributed by atoms with Crippen LogP contribution in [0.15, 0.2) is 60.7 Å². The number of hydrogen-bond acceptors (Lipinski definition) is 3.